The molecule has 6 heteroatoms. The van der Waals surface area contributed by atoms with E-state index < -0.39 is 5.97 Å². The molecule has 2 aliphatic rings. The number of hydrogen-bond acceptors (Lipinski definition) is 3. The summed E-state index contributed by atoms with van der Waals surface area (Å²) in [5, 5.41) is 11.3. The van der Waals surface area contributed by atoms with Crippen molar-refractivity contribution in [2.24, 2.45) is 5.92 Å². The van der Waals surface area contributed by atoms with E-state index in [1.54, 1.807) is 4.90 Å². The van der Waals surface area contributed by atoms with Crippen LogP contribution in [0.5, 0.6) is 0 Å². The van der Waals surface area contributed by atoms with Crippen LogP contribution in [0.2, 0.25) is 0 Å². The van der Waals surface area contributed by atoms with Crippen molar-refractivity contribution in [1.82, 2.24) is 10.2 Å². The molecule has 0 aliphatic carbocycles. The Morgan fingerprint density at radius 2 is 2.17 bits per heavy atom. The first kappa shape index (κ1) is 12.9. The molecule has 0 saturated carbocycles. The molecular weight excluding hydrogens is 236 g/mol. The van der Waals surface area contributed by atoms with E-state index in [1.807, 2.05) is 0 Å². The largest absolute Gasteiger partial charge is 0.481 e. The molecule has 0 aromatic rings. The van der Waals surface area contributed by atoms with Gasteiger partial charge in [-0.15, -0.1) is 0 Å². The quantitative estimate of drug-likeness (QED) is 0.738. The topological polar surface area (TPSA) is 86.7 Å². The molecular formula is C12H18N2O4. The van der Waals surface area contributed by atoms with Gasteiger partial charge < -0.3 is 15.3 Å². The molecule has 2 saturated heterocycles. The van der Waals surface area contributed by atoms with Crippen LogP contribution in [0.3, 0.4) is 0 Å². The maximum Gasteiger partial charge on any atom is 0.303 e. The number of amides is 2. The summed E-state index contributed by atoms with van der Waals surface area (Å²) in [5.74, 6) is -0.585. The number of carbonyl (C=O) groups is 3. The van der Waals surface area contributed by atoms with Crippen molar-refractivity contribution < 1.29 is 19.5 Å². The zero-order valence-corrected chi connectivity index (χ0v) is 10.2. The number of carboxylic acids is 1. The standard InChI is InChI=1S/C12H18N2O4/c15-10-3-2-9(13-10)12(18)14-6-5-8(7-14)1-4-11(16)17/h8-9H,1-7H2,(H,13,15)(H,16,17)/t8?,9-/m1/s1. The van der Waals surface area contributed by atoms with Crippen molar-refractivity contribution in [3.8, 4) is 0 Å². The number of aliphatic carboxylic acids is 1. The van der Waals surface area contributed by atoms with E-state index in [0.29, 0.717) is 32.4 Å². The molecule has 18 heavy (non-hydrogen) atoms. The molecule has 2 aliphatic heterocycles. The van der Waals surface area contributed by atoms with Crippen LogP contribution >= 0.6 is 0 Å². The molecule has 2 atom stereocenters. The van der Waals surface area contributed by atoms with Gasteiger partial charge in [0.25, 0.3) is 0 Å². The minimum absolute atomic E-state index is 0.0151. The van der Waals surface area contributed by atoms with Crippen LogP contribution in [-0.2, 0) is 14.4 Å². The third-order valence-corrected chi connectivity index (χ3v) is 3.66. The van der Waals surface area contributed by atoms with Crippen LogP contribution < -0.4 is 5.32 Å². The van der Waals surface area contributed by atoms with Crippen molar-refractivity contribution in [2.45, 2.75) is 38.1 Å². The summed E-state index contributed by atoms with van der Waals surface area (Å²) in [6, 6.07) is -0.365. The van der Waals surface area contributed by atoms with Gasteiger partial charge in [-0.05, 0) is 25.2 Å². The first-order valence-corrected chi connectivity index (χ1v) is 6.36. The Bertz CT molecular complexity index is 369. The Balaban J connectivity index is 1.79. The van der Waals surface area contributed by atoms with Gasteiger partial charge in [-0.2, -0.15) is 0 Å². The molecule has 1 unspecified atom stereocenters. The third-order valence-electron chi connectivity index (χ3n) is 3.66. The molecule has 100 valence electrons. The fourth-order valence-electron chi connectivity index (χ4n) is 2.62. The summed E-state index contributed by atoms with van der Waals surface area (Å²) in [6.07, 6.45) is 2.64. The normalized spacial score (nSPS) is 27.3. The number of carbonyl (C=O) groups excluding carboxylic acids is 2. The van der Waals surface area contributed by atoms with Crippen LogP contribution in [0.4, 0.5) is 0 Å². The fraction of sp³-hybridized carbons (Fsp3) is 0.750. The first-order chi connectivity index (χ1) is 8.56. The average molecular weight is 254 g/mol. The number of likely N-dealkylation sites (tertiary alicyclic amines) is 1. The second-order valence-corrected chi connectivity index (χ2v) is 5.03. The van der Waals surface area contributed by atoms with Crippen LogP contribution in [0.25, 0.3) is 0 Å². The lowest BCUT2D eigenvalue weighted by molar-refractivity contribution is -0.137. The first-order valence-electron chi connectivity index (χ1n) is 6.36. The van der Waals surface area contributed by atoms with Gasteiger partial charge in [0.1, 0.15) is 6.04 Å². The Morgan fingerprint density at radius 1 is 1.39 bits per heavy atom. The minimum Gasteiger partial charge on any atom is -0.481 e. The molecule has 2 rings (SSSR count). The van der Waals surface area contributed by atoms with Crippen molar-refractivity contribution in [3.05, 3.63) is 0 Å². The van der Waals surface area contributed by atoms with Gasteiger partial charge in [-0.3, -0.25) is 14.4 Å². The summed E-state index contributed by atoms with van der Waals surface area (Å²) in [4.78, 5) is 35.4. The van der Waals surface area contributed by atoms with E-state index in [0.717, 1.165) is 6.42 Å². The highest BCUT2D eigenvalue weighted by Crippen LogP contribution is 2.22. The van der Waals surface area contributed by atoms with E-state index in [9.17, 15) is 14.4 Å². The van der Waals surface area contributed by atoms with E-state index in [4.69, 9.17) is 5.11 Å². The lowest BCUT2D eigenvalue weighted by Gasteiger charge is -2.20. The summed E-state index contributed by atoms with van der Waals surface area (Å²) >= 11 is 0. The van der Waals surface area contributed by atoms with Crippen molar-refractivity contribution in [3.63, 3.8) is 0 Å². The number of nitrogens with one attached hydrogen (secondary N) is 1. The molecule has 0 radical (unpaired) electrons. The summed E-state index contributed by atoms with van der Waals surface area (Å²) in [5.41, 5.74) is 0. The summed E-state index contributed by atoms with van der Waals surface area (Å²) in [6.45, 7) is 1.30. The average Bonchev–Trinajstić information content (AvgIpc) is 2.94. The molecule has 2 N–H and O–H groups in total. The van der Waals surface area contributed by atoms with Gasteiger partial charge in [0.15, 0.2) is 0 Å². The lowest BCUT2D eigenvalue weighted by atomic mass is 10.0. The van der Waals surface area contributed by atoms with Crippen molar-refractivity contribution >= 4 is 17.8 Å². The summed E-state index contributed by atoms with van der Waals surface area (Å²) in [7, 11) is 0. The van der Waals surface area contributed by atoms with Crippen molar-refractivity contribution in [1.29, 1.82) is 0 Å². The Labute approximate surface area is 105 Å². The highest BCUT2D eigenvalue weighted by atomic mass is 16.4. The van der Waals surface area contributed by atoms with Gasteiger partial charge in [0.05, 0.1) is 0 Å². The molecule has 2 heterocycles. The molecule has 0 aromatic heterocycles. The predicted octanol–water partition coefficient (Wildman–Crippen LogP) is -0.0217. The highest BCUT2D eigenvalue weighted by Gasteiger charge is 2.34. The fourth-order valence-corrected chi connectivity index (χ4v) is 2.62. The number of nitrogens with zero attached hydrogens (tertiary/aromatic N) is 1. The van der Waals surface area contributed by atoms with E-state index in [1.165, 1.54) is 0 Å². The van der Waals surface area contributed by atoms with E-state index >= 15 is 0 Å². The molecule has 2 amide bonds. The molecule has 6 nitrogen and oxygen atoms in total. The van der Waals surface area contributed by atoms with Crippen LogP contribution in [0.1, 0.15) is 32.1 Å². The number of hydrogen-bond donors (Lipinski definition) is 2. The van der Waals surface area contributed by atoms with Crippen molar-refractivity contribution in [2.75, 3.05) is 13.1 Å². The van der Waals surface area contributed by atoms with Crippen LogP contribution in [-0.4, -0.2) is 46.9 Å². The Morgan fingerprint density at radius 3 is 2.78 bits per heavy atom. The van der Waals surface area contributed by atoms with Crippen LogP contribution in [0.15, 0.2) is 0 Å². The van der Waals surface area contributed by atoms with E-state index in [2.05, 4.69) is 5.32 Å². The maximum atomic E-state index is 12.1. The highest BCUT2D eigenvalue weighted by molar-refractivity contribution is 5.90. The molecule has 0 bridgehead atoms. The number of rotatable bonds is 4. The van der Waals surface area contributed by atoms with E-state index in [-0.39, 0.29) is 30.2 Å². The third kappa shape index (κ3) is 3.00. The van der Waals surface area contributed by atoms with Gasteiger partial charge >= 0.3 is 5.97 Å². The minimum atomic E-state index is -0.789. The molecule has 2 fully saturated rings. The molecule has 0 aromatic carbocycles. The predicted molar refractivity (Wildman–Crippen MR) is 62.7 cm³/mol. The van der Waals surface area contributed by atoms with Gasteiger partial charge in [0, 0.05) is 25.9 Å². The van der Waals surface area contributed by atoms with Gasteiger partial charge in [-0.25, -0.2) is 0 Å². The number of carboxylic acid groups (broad SMARTS) is 1. The monoisotopic (exact) mass is 254 g/mol. The smallest absolute Gasteiger partial charge is 0.303 e. The van der Waals surface area contributed by atoms with Crippen LogP contribution in [0, 0.1) is 5.92 Å². The summed E-state index contributed by atoms with van der Waals surface area (Å²) < 4.78 is 0. The zero-order valence-electron chi connectivity index (χ0n) is 10.2. The second kappa shape index (κ2) is 5.37. The van der Waals surface area contributed by atoms with Gasteiger partial charge in [-0.1, -0.05) is 0 Å². The Hall–Kier alpha value is -1.59. The second-order valence-electron chi connectivity index (χ2n) is 5.03. The SMILES string of the molecule is O=C(O)CCC1CCN(C(=O)[C@H]2CCC(=O)N2)C1. The Kier molecular flexibility index (Phi) is 3.84. The molecule has 0 spiro atoms. The van der Waals surface area contributed by atoms with Gasteiger partial charge in [0.2, 0.25) is 11.8 Å². The lowest BCUT2D eigenvalue weighted by Crippen LogP contribution is -2.43. The maximum absolute atomic E-state index is 12.1. The zero-order chi connectivity index (χ0) is 13.1.